The maximum atomic E-state index is 6.07. The molecule has 78 valence electrons. The molecular weight excluding hydrogens is 172 g/mol. The maximum absolute atomic E-state index is 6.07. The van der Waals surface area contributed by atoms with Gasteiger partial charge in [-0.1, -0.05) is 30.7 Å². The van der Waals surface area contributed by atoms with Gasteiger partial charge in [0.1, 0.15) is 0 Å². The third kappa shape index (κ3) is 2.34. The van der Waals surface area contributed by atoms with Gasteiger partial charge in [0.2, 0.25) is 0 Å². The molecule has 0 aliphatic rings. The van der Waals surface area contributed by atoms with Crippen molar-refractivity contribution in [2.45, 2.75) is 39.3 Å². The van der Waals surface area contributed by atoms with Crippen molar-refractivity contribution < 1.29 is 0 Å². The van der Waals surface area contributed by atoms with E-state index in [1.165, 1.54) is 16.7 Å². The van der Waals surface area contributed by atoms with Crippen LogP contribution in [0, 0.1) is 13.8 Å². The number of hydrogen-bond donors (Lipinski definition) is 2. The number of aryl methyl sites for hydroxylation is 2. The Morgan fingerprint density at radius 2 is 1.86 bits per heavy atom. The summed E-state index contributed by atoms with van der Waals surface area (Å²) in [7, 11) is 0. The average molecular weight is 192 g/mol. The van der Waals surface area contributed by atoms with Crippen LogP contribution < -0.4 is 11.5 Å². The summed E-state index contributed by atoms with van der Waals surface area (Å²) in [5.74, 6) is 0. The van der Waals surface area contributed by atoms with Gasteiger partial charge < -0.3 is 11.5 Å². The Bertz CT molecular complexity index is 307. The van der Waals surface area contributed by atoms with Crippen LogP contribution >= 0.6 is 0 Å². The van der Waals surface area contributed by atoms with E-state index in [0.29, 0.717) is 0 Å². The van der Waals surface area contributed by atoms with Crippen molar-refractivity contribution in [3.8, 4) is 0 Å². The molecule has 4 N–H and O–H groups in total. The van der Waals surface area contributed by atoms with Crippen molar-refractivity contribution in [2.75, 3.05) is 0 Å². The molecule has 0 aliphatic carbocycles. The van der Waals surface area contributed by atoms with Crippen LogP contribution in [0.25, 0.3) is 0 Å². The van der Waals surface area contributed by atoms with E-state index in [9.17, 15) is 0 Å². The lowest BCUT2D eigenvalue weighted by Crippen LogP contribution is -2.33. The van der Waals surface area contributed by atoms with E-state index >= 15 is 0 Å². The molecule has 2 unspecified atom stereocenters. The number of rotatable bonds is 3. The first kappa shape index (κ1) is 11.2. The summed E-state index contributed by atoms with van der Waals surface area (Å²) in [6.45, 7) is 6.24. The molecule has 2 heteroatoms. The van der Waals surface area contributed by atoms with E-state index < -0.39 is 0 Å². The molecule has 0 aliphatic heterocycles. The SMILES string of the molecule is CCC(N)C(N)c1ccc(C)cc1C. The van der Waals surface area contributed by atoms with Crippen LogP contribution in [0.4, 0.5) is 0 Å². The van der Waals surface area contributed by atoms with Crippen LogP contribution in [0.3, 0.4) is 0 Å². The Morgan fingerprint density at radius 3 is 2.36 bits per heavy atom. The normalized spacial score (nSPS) is 15.2. The summed E-state index contributed by atoms with van der Waals surface area (Å²) >= 11 is 0. The van der Waals surface area contributed by atoms with E-state index in [4.69, 9.17) is 11.5 Å². The summed E-state index contributed by atoms with van der Waals surface area (Å²) in [5, 5.41) is 0. The third-order valence-electron chi connectivity index (χ3n) is 2.72. The van der Waals surface area contributed by atoms with Gasteiger partial charge in [0.15, 0.2) is 0 Å². The Morgan fingerprint density at radius 1 is 1.21 bits per heavy atom. The highest BCUT2D eigenvalue weighted by Crippen LogP contribution is 2.20. The first-order valence-electron chi connectivity index (χ1n) is 5.14. The Balaban J connectivity index is 2.95. The first-order valence-corrected chi connectivity index (χ1v) is 5.14. The number of hydrogen-bond acceptors (Lipinski definition) is 2. The van der Waals surface area contributed by atoms with Gasteiger partial charge in [-0.15, -0.1) is 0 Å². The molecule has 0 saturated carbocycles. The van der Waals surface area contributed by atoms with E-state index in [2.05, 4.69) is 39.0 Å². The monoisotopic (exact) mass is 192 g/mol. The molecule has 0 saturated heterocycles. The predicted octanol–water partition coefficient (Wildman–Crippen LogP) is 2.04. The van der Waals surface area contributed by atoms with E-state index in [-0.39, 0.29) is 12.1 Å². The maximum Gasteiger partial charge on any atom is 0.0451 e. The molecule has 0 bridgehead atoms. The highest BCUT2D eigenvalue weighted by atomic mass is 14.8. The summed E-state index contributed by atoms with van der Waals surface area (Å²) in [6, 6.07) is 6.34. The van der Waals surface area contributed by atoms with Gasteiger partial charge in [0.25, 0.3) is 0 Å². The van der Waals surface area contributed by atoms with Crippen LogP contribution in [-0.2, 0) is 0 Å². The van der Waals surface area contributed by atoms with Gasteiger partial charge in [-0.2, -0.15) is 0 Å². The zero-order valence-electron chi connectivity index (χ0n) is 9.25. The van der Waals surface area contributed by atoms with Gasteiger partial charge in [0.05, 0.1) is 0 Å². The fourth-order valence-corrected chi connectivity index (χ4v) is 1.68. The topological polar surface area (TPSA) is 52.0 Å². The molecule has 0 aromatic heterocycles. The molecular formula is C12H20N2. The summed E-state index contributed by atoms with van der Waals surface area (Å²) < 4.78 is 0. The van der Waals surface area contributed by atoms with Gasteiger partial charge in [0, 0.05) is 12.1 Å². The van der Waals surface area contributed by atoms with Gasteiger partial charge >= 0.3 is 0 Å². The van der Waals surface area contributed by atoms with Crippen molar-refractivity contribution in [1.29, 1.82) is 0 Å². The smallest absolute Gasteiger partial charge is 0.0451 e. The second-order valence-corrected chi connectivity index (χ2v) is 3.96. The predicted molar refractivity (Wildman–Crippen MR) is 61.1 cm³/mol. The largest absolute Gasteiger partial charge is 0.326 e. The van der Waals surface area contributed by atoms with Gasteiger partial charge in [-0.05, 0) is 31.4 Å². The third-order valence-corrected chi connectivity index (χ3v) is 2.72. The summed E-state index contributed by atoms with van der Waals surface area (Å²) in [4.78, 5) is 0. The molecule has 0 amide bonds. The summed E-state index contributed by atoms with van der Waals surface area (Å²) in [6.07, 6.45) is 0.911. The molecule has 0 radical (unpaired) electrons. The highest BCUT2D eigenvalue weighted by molar-refractivity contribution is 5.33. The molecule has 0 fully saturated rings. The standard InChI is InChI=1S/C12H20N2/c1-4-11(13)12(14)10-6-5-8(2)7-9(10)3/h5-7,11-12H,4,13-14H2,1-3H3. The van der Waals surface area contributed by atoms with Gasteiger partial charge in [-0.3, -0.25) is 0 Å². The molecule has 0 heterocycles. The summed E-state index contributed by atoms with van der Waals surface area (Å²) in [5.41, 5.74) is 15.7. The van der Waals surface area contributed by atoms with Crippen molar-refractivity contribution in [3.05, 3.63) is 34.9 Å². The van der Waals surface area contributed by atoms with Crippen LogP contribution in [0.2, 0.25) is 0 Å². The average Bonchev–Trinajstić information content (AvgIpc) is 2.15. The van der Waals surface area contributed by atoms with E-state index in [0.717, 1.165) is 6.42 Å². The van der Waals surface area contributed by atoms with Gasteiger partial charge in [-0.25, -0.2) is 0 Å². The minimum absolute atomic E-state index is 0.0411. The Hall–Kier alpha value is -0.860. The fraction of sp³-hybridized carbons (Fsp3) is 0.500. The minimum Gasteiger partial charge on any atom is -0.326 e. The molecule has 0 spiro atoms. The molecule has 1 aromatic carbocycles. The molecule has 14 heavy (non-hydrogen) atoms. The number of benzene rings is 1. The zero-order chi connectivity index (χ0) is 10.7. The molecule has 1 rings (SSSR count). The lowest BCUT2D eigenvalue weighted by Gasteiger charge is -2.20. The van der Waals surface area contributed by atoms with E-state index in [1.54, 1.807) is 0 Å². The molecule has 2 atom stereocenters. The first-order chi connectivity index (χ1) is 6.56. The minimum atomic E-state index is -0.0411. The van der Waals surface area contributed by atoms with Crippen LogP contribution in [-0.4, -0.2) is 6.04 Å². The van der Waals surface area contributed by atoms with Crippen LogP contribution in [0.15, 0.2) is 18.2 Å². The Labute approximate surface area is 86.3 Å². The van der Waals surface area contributed by atoms with E-state index in [1.807, 2.05) is 0 Å². The van der Waals surface area contributed by atoms with Crippen molar-refractivity contribution in [1.82, 2.24) is 0 Å². The van der Waals surface area contributed by atoms with Crippen LogP contribution in [0.1, 0.15) is 36.1 Å². The highest BCUT2D eigenvalue weighted by Gasteiger charge is 2.14. The lowest BCUT2D eigenvalue weighted by molar-refractivity contribution is 0.530. The number of nitrogens with two attached hydrogens (primary N) is 2. The fourth-order valence-electron chi connectivity index (χ4n) is 1.68. The zero-order valence-corrected chi connectivity index (χ0v) is 9.25. The molecule has 1 aromatic rings. The second kappa shape index (κ2) is 4.58. The quantitative estimate of drug-likeness (QED) is 0.770. The van der Waals surface area contributed by atoms with Crippen molar-refractivity contribution in [2.24, 2.45) is 11.5 Å². The molecule has 2 nitrogen and oxygen atoms in total. The lowest BCUT2D eigenvalue weighted by atomic mass is 9.94. The Kier molecular flexibility index (Phi) is 3.67. The van der Waals surface area contributed by atoms with Crippen LogP contribution in [0.5, 0.6) is 0 Å². The second-order valence-electron chi connectivity index (χ2n) is 3.96. The van der Waals surface area contributed by atoms with Crippen molar-refractivity contribution in [3.63, 3.8) is 0 Å². The van der Waals surface area contributed by atoms with Crippen molar-refractivity contribution >= 4 is 0 Å².